The van der Waals surface area contributed by atoms with Crippen molar-refractivity contribution in [2.45, 2.75) is 0 Å². The third-order valence-corrected chi connectivity index (χ3v) is 3.25. The molecule has 0 aliphatic carbocycles. The topological polar surface area (TPSA) is 64.9 Å². The standard InChI is InChI=1S/C15H10F3N3/c16-7-4-10(13(18)11(17)5-7)8-2-1-3-9-14(20)12(19)6-21-15(8)9/h1-6H,19H2,(H2,20,21). The highest BCUT2D eigenvalue weighted by molar-refractivity contribution is 6.02. The van der Waals surface area contributed by atoms with Crippen LogP contribution < -0.4 is 11.5 Å². The minimum atomic E-state index is -1.26. The van der Waals surface area contributed by atoms with Crippen LogP contribution in [0.15, 0.2) is 36.5 Å². The van der Waals surface area contributed by atoms with Crippen LogP contribution in [0.25, 0.3) is 22.0 Å². The van der Waals surface area contributed by atoms with Crippen molar-refractivity contribution in [1.82, 2.24) is 4.98 Å². The number of hydrogen-bond acceptors (Lipinski definition) is 3. The number of nitrogens with two attached hydrogens (primary N) is 2. The highest BCUT2D eigenvalue weighted by Gasteiger charge is 2.16. The SMILES string of the molecule is Nc1cnc2c(-c3cc(F)cc(F)c3F)cccc2c1N. The van der Waals surface area contributed by atoms with Gasteiger partial charge in [0.05, 0.1) is 23.1 Å². The summed E-state index contributed by atoms with van der Waals surface area (Å²) in [6.45, 7) is 0. The molecule has 6 heteroatoms. The summed E-state index contributed by atoms with van der Waals surface area (Å²) in [5.74, 6) is -3.27. The molecule has 3 aromatic rings. The summed E-state index contributed by atoms with van der Waals surface area (Å²) < 4.78 is 40.7. The van der Waals surface area contributed by atoms with Crippen molar-refractivity contribution in [3.63, 3.8) is 0 Å². The van der Waals surface area contributed by atoms with Crippen molar-refractivity contribution in [1.29, 1.82) is 0 Å². The van der Waals surface area contributed by atoms with Gasteiger partial charge in [0, 0.05) is 22.6 Å². The lowest BCUT2D eigenvalue weighted by Gasteiger charge is -2.10. The van der Waals surface area contributed by atoms with E-state index in [2.05, 4.69) is 4.98 Å². The summed E-state index contributed by atoms with van der Waals surface area (Å²) in [6.07, 6.45) is 1.33. The molecule has 0 aliphatic heterocycles. The number of nitrogens with zero attached hydrogens (tertiary/aromatic N) is 1. The van der Waals surface area contributed by atoms with E-state index in [4.69, 9.17) is 11.5 Å². The Morgan fingerprint density at radius 1 is 0.952 bits per heavy atom. The quantitative estimate of drug-likeness (QED) is 0.674. The number of rotatable bonds is 1. The van der Waals surface area contributed by atoms with Crippen LogP contribution in [0.5, 0.6) is 0 Å². The second-order valence-electron chi connectivity index (χ2n) is 4.58. The van der Waals surface area contributed by atoms with Gasteiger partial charge in [0.1, 0.15) is 5.82 Å². The lowest BCUT2D eigenvalue weighted by Crippen LogP contribution is -1.99. The number of anilines is 2. The van der Waals surface area contributed by atoms with E-state index >= 15 is 0 Å². The zero-order valence-electron chi connectivity index (χ0n) is 10.7. The van der Waals surface area contributed by atoms with Gasteiger partial charge in [-0.3, -0.25) is 4.98 Å². The van der Waals surface area contributed by atoms with Crippen molar-refractivity contribution >= 4 is 22.3 Å². The molecule has 4 N–H and O–H groups in total. The fraction of sp³-hybridized carbons (Fsp3) is 0. The van der Waals surface area contributed by atoms with Crippen molar-refractivity contribution < 1.29 is 13.2 Å². The summed E-state index contributed by atoms with van der Waals surface area (Å²) >= 11 is 0. The molecule has 3 rings (SSSR count). The molecule has 0 saturated heterocycles. The van der Waals surface area contributed by atoms with Gasteiger partial charge in [-0.05, 0) is 6.07 Å². The second kappa shape index (κ2) is 4.66. The monoisotopic (exact) mass is 289 g/mol. The third-order valence-electron chi connectivity index (χ3n) is 3.25. The number of aromatic nitrogens is 1. The van der Waals surface area contributed by atoms with Gasteiger partial charge < -0.3 is 11.5 Å². The van der Waals surface area contributed by atoms with Gasteiger partial charge in [0.2, 0.25) is 0 Å². The molecule has 0 saturated carbocycles. The van der Waals surface area contributed by atoms with Crippen LogP contribution in [0, 0.1) is 17.5 Å². The minimum Gasteiger partial charge on any atom is -0.396 e. The summed E-state index contributed by atoms with van der Waals surface area (Å²) in [5.41, 5.74) is 12.5. The maximum atomic E-state index is 13.9. The lowest BCUT2D eigenvalue weighted by molar-refractivity contribution is 0.497. The first kappa shape index (κ1) is 13.2. The Labute approximate surface area is 118 Å². The first-order valence-corrected chi connectivity index (χ1v) is 6.06. The molecule has 0 fully saturated rings. The van der Waals surface area contributed by atoms with Gasteiger partial charge in [-0.15, -0.1) is 0 Å². The summed E-state index contributed by atoms with van der Waals surface area (Å²) in [5, 5.41) is 0.497. The number of nitrogen functional groups attached to an aromatic ring is 2. The molecule has 3 nitrogen and oxygen atoms in total. The zero-order valence-corrected chi connectivity index (χ0v) is 10.7. The lowest BCUT2D eigenvalue weighted by atomic mass is 10.00. The van der Waals surface area contributed by atoms with Crippen LogP contribution >= 0.6 is 0 Å². The Hall–Kier alpha value is -2.76. The number of pyridine rings is 1. The van der Waals surface area contributed by atoms with E-state index in [1.807, 2.05) is 0 Å². The van der Waals surface area contributed by atoms with Gasteiger partial charge in [-0.1, -0.05) is 18.2 Å². The van der Waals surface area contributed by atoms with Crippen LogP contribution in [-0.2, 0) is 0 Å². The van der Waals surface area contributed by atoms with Crippen LogP contribution in [0.3, 0.4) is 0 Å². The Morgan fingerprint density at radius 2 is 1.71 bits per heavy atom. The molecule has 2 aromatic carbocycles. The first-order valence-electron chi connectivity index (χ1n) is 6.06. The molecule has 0 bridgehead atoms. The molecule has 1 aromatic heterocycles. The zero-order chi connectivity index (χ0) is 15.1. The van der Waals surface area contributed by atoms with Gasteiger partial charge in [0.15, 0.2) is 11.6 Å². The second-order valence-corrected chi connectivity index (χ2v) is 4.58. The largest absolute Gasteiger partial charge is 0.396 e. The molecule has 1 heterocycles. The van der Waals surface area contributed by atoms with Crippen molar-refractivity contribution in [3.05, 3.63) is 54.0 Å². The average Bonchev–Trinajstić information content (AvgIpc) is 2.46. The van der Waals surface area contributed by atoms with E-state index < -0.39 is 17.5 Å². The van der Waals surface area contributed by atoms with Gasteiger partial charge >= 0.3 is 0 Å². The number of fused-ring (bicyclic) bond motifs is 1. The Balaban J connectivity index is 2.39. The molecule has 21 heavy (non-hydrogen) atoms. The Morgan fingerprint density at radius 3 is 2.48 bits per heavy atom. The van der Waals surface area contributed by atoms with Crippen LogP contribution in [0.4, 0.5) is 24.5 Å². The highest BCUT2D eigenvalue weighted by Crippen LogP contribution is 2.34. The highest BCUT2D eigenvalue weighted by atomic mass is 19.2. The molecule has 106 valence electrons. The van der Waals surface area contributed by atoms with Crippen LogP contribution in [0.1, 0.15) is 0 Å². The van der Waals surface area contributed by atoms with E-state index in [-0.39, 0.29) is 16.8 Å². The van der Waals surface area contributed by atoms with E-state index in [0.717, 1.165) is 6.07 Å². The normalized spacial score (nSPS) is 11.0. The molecule has 0 atom stereocenters. The first-order chi connectivity index (χ1) is 9.99. The summed E-state index contributed by atoms with van der Waals surface area (Å²) in [4.78, 5) is 4.10. The number of halogens is 3. The van der Waals surface area contributed by atoms with Crippen molar-refractivity contribution in [3.8, 4) is 11.1 Å². The van der Waals surface area contributed by atoms with Gasteiger partial charge in [0.25, 0.3) is 0 Å². The maximum Gasteiger partial charge on any atom is 0.166 e. The fourth-order valence-corrected chi connectivity index (χ4v) is 2.23. The van der Waals surface area contributed by atoms with Crippen molar-refractivity contribution in [2.24, 2.45) is 0 Å². The number of para-hydroxylation sites is 1. The Bertz CT molecular complexity index is 862. The molecule has 0 spiro atoms. The van der Waals surface area contributed by atoms with Gasteiger partial charge in [-0.25, -0.2) is 13.2 Å². The van der Waals surface area contributed by atoms with Gasteiger partial charge in [-0.2, -0.15) is 0 Å². The maximum absolute atomic E-state index is 13.9. The fourth-order valence-electron chi connectivity index (χ4n) is 2.23. The minimum absolute atomic E-state index is 0.213. The molecule has 0 aliphatic rings. The van der Waals surface area contributed by atoms with E-state index in [1.165, 1.54) is 12.3 Å². The summed E-state index contributed by atoms with van der Waals surface area (Å²) in [7, 11) is 0. The number of benzene rings is 2. The predicted octanol–water partition coefficient (Wildman–Crippen LogP) is 3.48. The molecule has 0 amide bonds. The molecule has 0 radical (unpaired) electrons. The van der Waals surface area contributed by atoms with E-state index in [0.29, 0.717) is 22.7 Å². The van der Waals surface area contributed by atoms with E-state index in [9.17, 15) is 13.2 Å². The predicted molar refractivity (Wildman–Crippen MR) is 75.9 cm³/mol. The smallest absolute Gasteiger partial charge is 0.166 e. The number of hydrogen-bond donors (Lipinski definition) is 2. The molecular weight excluding hydrogens is 279 g/mol. The third kappa shape index (κ3) is 2.05. The molecule has 0 unspecified atom stereocenters. The Kier molecular flexibility index (Phi) is 2.94. The van der Waals surface area contributed by atoms with Crippen LogP contribution in [0.2, 0.25) is 0 Å². The molecular formula is C15H10F3N3. The average molecular weight is 289 g/mol. The van der Waals surface area contributed by atoms with E-state index in [1.54, 1.807) is 12.1 Å². The van der Waals surface area contributed by atoms with Crippen LogP contribution in [-0.4, -0.2) is 4.98 Å². The summed E-state index contributed by atoms with van der Waals surface area (Å²) in [6, 6.07) is 6.18. The van der Waals surface area contributed by atoms with Crippen molar-refractivity contribution in [2.75, 3.05) is 11.5 Å².